The molecule has 0 spiro atoms. The topological polar surface area (TPSA) is 40.5 Å². The summed E-state index contributed by atoms with van der Waals surface area (Å²) in [6.45, 7) is 5.27. The van der Waals surface area contributed by atoms with Gasteiger partial charge in [-0.05, 0) is 37.8 Å². The van der Waals surface area contributed by atoms with E-state index in [9.17, 15) is 9.90 Å². The molecular formula is C17H25NO2. The van der Waals surface area contributed by atoms with Crippen molar-refractivity contribution in [3.8, 4) is 0 Å². The Balaban J connectivity index is 1.78. The van der Waals surface area contributed by atoms with Gasteiger partial charge in [0.2, 0.25) is 0 Å². The van der Waals surface area contributed by atoms with E-state index in [-0.39, 0.29) is 11.2 Å². The predicted molar refractivity (Wildman–Crippen MR) is 80.9 cm³/mol. The Morgan fingerprint density at radius 3 is 2.45 bits per heavy atom. The van der Waals surface area contributed by atoms with Gasteiger partial charge in [-0.3, -0.25) is 4.79 Å². The highest BCUT2D eigenvalue weighted by molar-refractivity contribution is 5.96. The summed E-state index contributed by atoms with van der Waals surface area (Å²) in [4.78, 5) is 14.4. The molecule has 1 aromatic rings. The van der Waals surface area contributed by atoms with Crippen molar-refractivity contribution in [2.75, 3.05) is 26.2 Å². The van der Waals surface area contributed by atoms with Crippen LogP contribution in [0.5, 0.6) is 0 Å². The number of carbonyl (C=O) groups excluding carboxylic acids is 1. The number of hydrogen-bond acceptors (Lipinski definition) is 3. The molecule has 1 aliphatic rings. The Kier molecular flexibility index (Phi) is 5.32. The average Bonchev–Trinajstić information content (AvgIpc) is 2.54. The zero-order chi connectivity index (χ0) is 14.4. The summed E-state index contributed by atoms with van der Waals surface area (Å²) in [7, 11) is 0. The second-order valence-corrected chi connectivity index (χ2v) is 5.89. The van der Waals surface area contributed by atoms with Crippen LogP contribution < -0.4 is 0 Å². The SMILES string of the molecule is CCC1(CO)CCN(CCC(=O)c2ccccc2)CC1. The maximum atomic E-state index is 12.1. The van der Waals surface area contributed by atoms with E-state index in [0.717, 1.165) is 44.5 Å². The summed E-state index contributed by atoms with van der Waals surface area (Å²) < 4.78 is 0. The van der Waals surface area contributed by atoms with Gasteiger partial charge in [-0.25, -0.2) is 0 Å². The molecule has 0 radical (unpaired) electrons. The minimum absolute atomic E-state index is 0.125. The lowest BCUT2D eigenvalue weighted by Gasteiger charge is -2.40. The average molecular weight is 275 g/mol. The first-order chi connectivity index (χ1) is 9.69. The van der Waals surface area contributed by atoms with Gasteiger partial charge in [0.15, 0.2) is 5.78 Å². The van der Waals surface area contributed by atoms with E-state index < -0.39 is 0 Å². The molecule has 0 aromatic heterocycles. The second kappa shape index (κ2) is 7.00. The molecular weight excluding hydrogens is 250 g/mol. The predicted octanol–water partition coefficient (Wildman–Crippen LogP) is 2.74. The van der Waals surface area contributed by atoms with E-state index >= 15 is 0 Å². The summed E-state index contributed by atoms with van der Waals surface area (Å²) in [6.07, 6.45) is 3.71. The highest BCUT2D eigenvalue weighted by Crippen LogP contribution is 2.34. The maximum Gasteiger partial charge on any atom is 0.164 e. The number of nitrogens with zero attached hydrogens (tertiary/aromatic N) is 1. The first-order valence-electron chi connectivity index (χ1n) is 7.60. The van der Waals surface area contributed by atoms with E-state index in [1.54, 1.807) is 0 Å². The molecule has 110 valence electrons. The maximum absolute atomic E-state index is 12.1. The number of Topliss-reactive ketones (excluding diaryl/α,β-unsaturated/α-hetero) is 1. The van der Waals surface area contributed by atoms with E-state index in [4.69, 9.17) is 0 Å². The molecule has 1 heterocycles. The van der Waals surface area contributed by atoms with Gasteiger partial charge >= 0.3 is 0 Å². The number of carbonyl (C=O) groups is 1. The summed E-state index contributed by atoms with van der Waals surface area (Å²) >= 11 is 0. The van der Waals surface area contributed by atoms with Gasteiger partial charge in [-0.2, -0.15) is 0 Å². The van der Waals surface area contributed by atoms with Gasteiger partial charge in [-0.1, -0.05) is 37.3 Å². The van der Waals surface area contributed by atoms with Gasteiger partial charge in [0.05, 0.1) is 0 Å². The van der Waals surface area contributed by atoms with Crippen LogP contribution >= 0.6 is 0 Å². The largest absolute Gasteiger partial charge is 0.396 e. The Morgan fingerprint density at radius 1 is 1.25 bits per heavy atom. The smallest absolute Gasteiger partial charge is 0.164 e. The van der Waals surface area contributed by atoms with Crippen LogP contribution in [-0.2, 0) is 0 Å². The van der Waals surface area contributed by atoms with E-state index in [2.05, 4.69) is 11.8 Å². The minimum Gasteiger partial charge on any atom is -0.396 e. The summed E-state index contributed by atoms with van der Waals surface area (Å²) in [5.74, 6) is 0.222. The highest BCUT2D eigenvalue weighted by atomic mass is 16.3. The van der Waals surface area contributed by atoms with Crippen LogP contribution in [0.2, 0.25) is 0 Å². The molecule has 20 heavy (non-hydrogen) atoms. The molecule has 0 amide bonds. The van der Waals surface area contributed by atoms with E-state index in [1.807, 2.05) is 30.3 Å². The molecule has 0 bridgehead atoms. The number of ketones is 1. The molecule has 0 saturated carbocycles. The first kappa shape index (κ1) is 15.2. The minimum atomic E-state index is 0.125. The molecule has 3 heteroatoms. The van der Waals surface area contributed by atoms with Crippen LogP contribution in [0.3, 0.4) is 0 Å². The Morgan fingerprint density at radius 2 is 1.90 bits per heavy atom. The van der Waals surface area contributed by atoms with Crippen LogP contribution in [0.4, 0.5) is 0 Å². The molecule has 0 unspecified atom stereocenters. The standard InChI is InChI=1S/C17H25NO2/c1-2-17(14-19)9-12-18(13-10-17)11-8-16(20)15-6-4-3-5-7-15/h3-7,19H,2,8-14H2,1H3. The van der Waals surface area contributed by atoms with Crippen LogP contribution in [-0.4, -0.2) is 42.0 Å². The summed E-state index contributed by atoms with van der Waals surface area (Å²) in [5.41, 5.74) is 0.933. The van der Waals surface area contributed by atoms with Crippen LogP contribution in [0.15, 0.2) is 30.3 Å². The Bertz CT molecular complexity index is 416. The van der Waals surface area contributed by atoms with Gasteiger partial charge in [0.25, 0.3) is 0 Å². The molecule has 0 aliphatic carbocycles. The lowest BCUT2D eigenvalue weighted by atomic mass is 9.77. The first-order valence-corrected chi connectivity index (χ1v) is 7.60. The van der Waals surface area contributed by atoms with Crippen molar-refractivity contribution >= 4 is 5.78 Å². The molecule has 1 aliphatic heterocycles. The van der Waals surface area contributed by atoms with Gasteiger partial charge < -0.3 is 10.0 Å². The monoisotopic (exact) mass is 275 g/mol. The van der Waals surface area contributed by atoms with Crippen molar-refractivity contribution in [3.05, 3.63) is 35.9 Å². The number of aliphatic hydroxyl groups is 1. The number of aliphatic hydroxyl groups excluding tert-OH is 1. The van der Waals surface area contributed by atoms with Gasteiger partial charge in [0.1, 0.15) is 0 Å². The Labute approximate surface area is 121 Å². The summed E-state index contributed by atoms with van der Waals surface area (Å²) in [6, 6.07) is 9.51. The number of likely N-dealkylation sites (tertiary alicyclic amines) is 1. The number of piperidine rings is 1. The van der Waals surface area contributed by atoms with Crippen molar-refractivity contribution in [3.63, 3.8) is 0 Å². The number of benzene rings is 1. The third kappa shape index (κ3) is 3.68. The van der Waals surface area contributed by atoms with Gasteiger partial charge in [-0.15, -0.1) is 0 Å². The van der Waals surface area contributed by atoms with E-state index in [0.29, 0.717) is 13.0 Å². The zero-order valence-corrected chi connectivity index (χ0v) is 12.3. The third-order valence-electron chi connectivity index (χ3n) is 4.75. The lowest BCUT2D eigenvalue weighted by Crippen LogP contribution is -2.42. The van der Waals surface area contributed by atoms with Gasteiger partial charge in [0, 0.05) is 25.1 Å². The molecule has 0 atom stereocenters. The van der Waals surface area contributed by atoms with Crippen molar-refractivity contribution in [1.82, 2.24) is 4.90 Å². The van der Waals surface area contributed by atoms with Crippen LogP contribution in [0, 0.1) is 5.41 Å². The fourth-order valence-electron chi connectivity index (χ4n) is 2.90. The second-order valence-electron chi connectivity index (χ2n) is 5.89. The number of rotatable bonds is 6. The molecule has 1 N–H and O–H groups in total. The third-order valence-corrected chi connectivity index (χ3v) is 4.75. The van der Waals surface area contributed by atoms with Crippen molar-refractivity contribution < 1.29 is 9.90 Å². The summed E-state index contributed by atoms with van der Waals surface area (Å²) in [5, 5.41) is 9.52. The quantitative estimate of drug-likeness (QED) is 0.812. The molecule has 1 saturated heterocycles. The van der Waals surface area contributed by atoms with Crippen molar-refractivity contribution in [1.29, 1.82) is 0 Å². The van der Waals surface area contributed by atoms with Crippen molar-refractivity contribution in [2.45, 2.75) is 32.6 Å². The molecule has 1 fully saturated rings. The normalized spacial score (nSPS) is 18.9. The van der Waals surface area contributed by atoms with Crippen LogP contribution in [0.25, 0.3) is 0 Å². The zero-order valence-electron chi connectivity index (χ0n) is 12.3. The Hall–Kier alpha value is -1.19. The highest BCUT2D eigenvalue weighted by Gasteiger charge is 2.32. The van der Waals surface area contributed by atoms with Crippen molar-refractivity contribution in [2.24, 2.45) is 5.41 Å². The molecule has 3 nitrogen and oxygen atoms in total. The van der Waals surface area contributed by atoms with Crippen LogP contribution in [0.1, 0.15) is 43.0 Å². The fraction of sp³-hybridized carbons (Fsp3) is 0.588. The lowest BCUT2D eigenvalue weighted by molar-refractivity contribution is 0.0403. The molecule has 1 aromatic carbocycles. The number of hydrogen-bond donors (Lipinski definition) is 1. The van der Waals surface area contributed by atoms with E-state index in [1.165, 1.54) is 0 Å². The molecule has 2 rings (SSSR count). The fourth-order valence-corrected chi connectivity index (χ4v) is 2.90.